The SMILES string of the molecule is C=CCN(C(=O)C(CS)NC(=O)OC(C)(C)C)C(C(=O)NC(C)C)c1cccc(C=C)c1. The molecule has 0 spiro atoms. The molecule has 0 radical (unpaired) electrons. The van der Waals surface area contributed by atoms with Crippen LogP contribution in [0.5, 0.6) is 0 Å². The number of carbonyl (C=O) groups is 3. The molecule has 2 unspecified atom stereocenters. The Bertz CT molecular complexity index is 833. The summed E-state index contributed by atoms with van der Waals surface area (Å²) in [7, 11) is 0. The van der Waals surface area contributed by atoms with Crippen molar-refractivity contribution < 1.29 is 19.1 Å². The van der Waals surface area contributed by atoms with Crippen LogP contribution in [-0.2, 0) is 14.3 Å². The number of rotatable bonds is 10. The third kappa shape index (κ3) is 8.42. The molecule has 1 rings (SSSR count). The van der Waals surface area contributed by atoms with Crippen LogP contribution in [-0.4, -0.2) is 52.8 Å². The van der Waals surface area contributed by atoms with E-state index in [1.54, 1.807) is 45.0 Å². The molecular formula is C24H35N3O4S. The van der Waals surface area contributed by atoms with E-state index >= 15 is 0 Å². The molecule has 2 N–H and O–H groups in total. The number of amides is 3. The Morgan fingerprint density at radius 2 is 1.84 bits per heavy atom. The zero-order valence-electron chi connectivity index (χ0n) is 19.6. The summed E-state index contributed by atoms with van der Waals surface area (Å²) in [5, 5.41) is 5.44. The second kappa shape index (κ2) is 12.3. The van der Waals surface area contributed by atoms with Crippen LogP contribution >= 0.6 is 12.6 Å². The maximum absolute atomic E-state index is 13.5. The van der Waals surface area contributed by atoms with Gasteiger partial charge in [0, 0.05) is 18.3 Å². The molecule has 0 aliphatic carbocycles. The summed E-state index contributed by atoms with van der Waals surface area (Å²) in [6.45, 7) is 16.5. The Morgan fingerprint density at radius 3 is 2.34 bits per heavy atom. The molecule has 1 aromatic rings. The number of ether oxygens (including phenoxy) is 1. The highest BCUT2D eigenvalue weighted by atomic mass is 32.1. The molecule has 3 amide bonds. The maximum atomic E-state index is 13.5. The van der Waals surface area contributed by atoms with Crippen molar-refractivity contribution >= 4 is 36.6 Å². The zero-order valence-corrected chi connectivity index (χ0v) is 20.4. The monoisotopic (exact) mass is 461 g/mol. The number of nitrogens with one attached hydrogen (secondary N) is 2. The molecule has 0 saturated heterocycles. The van der Waals surface area contributed by atoms with Gasteiger partial charge in [-0.15, -0.1) is 6.58 Å². The van der Waals surface area contributed by atoms with E-state index in [2.05, 4.69) is 36.4 Å². The molecule has 0 bridgehead atoms. The molecule has 8 heteroatoms. The molecule has 176 valence electrons. The summed E-state index contributed by atoms with van der Waals surface area (Å²) >= 11 is 4.24. The van der Waals surface area contributed by atoms with Crippen LogP contribution in [0.15, 0.2) is 43.5 Å². The van der Waals surface area contributed by atoms with Crippen LogP contribution in [0.1, 0.15) is 51.8 Å². The first-order valence-electron chi connectivity index (χ1n) is 10.5. The standard InChI is InChI=1S/C24H35N3O4S/c1-8-13-27(22(29)19(15-32)26-23(30)31-24(5,6)7)20(21(28)25-16(3)4)18-12-10-11-17(9-2)14-18/h8-12,14,16,19-20,32H,1-2,13,15H2,3-7H3,(H,25,28)(H,26,30). The lowest BCUT2D eigenvalue weighted by Gasteiger charge is -2.34. The lowest BCUT2D eigenvalue weighted by Crippen LogP contribution is -2.54. The first-order chi connectivity index (χ1) is 14.9. The van der Waals surface area contributed by atoms with Gasteiger partial charge in [0.1, 0.15) is 17.7 Å². The second-order valence-corrected chi connectivity index (χ2v) is 8.97. The van der Waals surface area contributed by atoms with Gasteiger partial charge in [-0.2, -0.15) is 12.6 Å². The fourth-order valence-corrected chi connectivity index (χ4v) is 3.24. The van der Waals surface area contributed by atoms with E-state index in [4.69, 9.17) is 4.74 Å². The average molecular weight is 462 g/mol. The first-order valence-corrected chi connectivity index (χ1v) is 11.1. The van der Waals surface area contributed by atoms with E-state index in [1.807, 2.05) is 19.9 Å². The Hall–Kier alpha value is -2.74. The molecule has 7 nitrogen and oxygen atoms in total. The summed E-state index contributed by atoms with van der Waals surface area (Å²) in [5.74, 6) is -0.790. The first kappa shape index (κ1) is 27.3. The van der Waals surface area contributed by atoms with Crippen LogP contribution in [0.25, 0.3) is 6.08 Å². The minimum absolute atomic E-state index is 0.0247. The lowest BCUT2D eigenvalue weighted by atomic mass is 10.00. The van der Waals surface area contributed by atoms with Gasteiger partial charge in [-0.25, -0.2) is 4.79 Å². The van der Waals surface area contributed by atoms with E-state index in [1.165, 1.54) is 11.0 Å². The van der Waals surface area contributed by atoms with Crippen LogP contribution < -0.4 is 10.6 Å². The molecule has 0 saturated carbocycles. The van der Waals surface area contributed by atoms with E-state index in [0.29, 0.717) is 5.56 Å². The molecule has 1 aromatic carbocycles. The van der Waals surface area contributed by atoms with Crippen LogP contribution in [0, 0.1) is 0 Å². The minimum atomic E-state index is -0.995. The Kier molecular flexibility index (Phi) is 10.5. The van der Waals surface area contributed by atoms with Crippen molar-refractivity contribution in [3.63, 3.8) is 0 Å². The summed E-state index contributed by atoms with van der Waals surface area (Å²) in [4.78, 5) is 40.3. The molecule has 0 aliphatic rings. The molecule has 0 aliphatic heterocycles. The van der Waals surface area contributed by atoms with Gasteiger partial charge >= 0.3 is 6.09 Å². The number of carbonyl (C=O) groups excluding carboxylic acids is 3. The van der Waals surface area contributed by atoms with Crippen LogP contribution in [0.3, 0.4) is 0 Å². The van der Waals surface area contributed by atoms with Gasteiger partial charge in [0.15, 0.2) is 0 Å². The molecule has 2 atom stereocenters. The van der Waals surface area contributed by atoms with Crippen molar-refractivity contribution in [2.45, 2.75) is 58.3 Å². The van der Waals surface area contributed by atoms with Gasteiger partial charge in [-0.3, -0.25) is 9.59 Å². The molecule has 0 fully saturated rings. The van der Waals surface area contributed by atoms with Gasteiger partial charge in [-0.05, 0) is 51.8 Å². The van der Waals surface area contributed by atoms with Crippen molar-refractivity contribution in [3.8, 4) is 0 Å². The predicted octanol–water partition coefficient (Wildman–Crippen LogP) is 3.73. The highest BCUT2D eigenvalue weighted by Gasteiger charge is 2.35. The van der Waals surface area contributed by atoms with Crippen molar-refractivity contribution in [3.05, 3.63) is 54.6 Å². The third-order valence-electron chi connectivity index (χ3n) is 4.23. The number of hydrogen-bond acceptors (Lipinski definition) is 5. The highest BCUT2D eigenvalue weighted by Crippen LogP contribution is 2.24. The topological polar surface area (TPSA) is 87.7 Å². The molecule has 0 heterocycles. The highest BCUT2D eigenvalue weighted by molar-refractivity contribution is 7.80. The normalized spacial score (nSPS) is 13.0. The molecular weight excluding hydrogens is 426 g/mol. The van der Waals surface area contributed by atoms with E-state index in [-0.39, 0.29) is 24.2 Å². The number of alkyl carbamates (subject to hydrolysis) is 1. The van der Waals surface area contributed by atoms with Gasteiger partial charge in [0.05, 0.1) is 0 Å². The number of thiol groups is 1. The Morgan fingerprint density at radius 1 is 1.19 bits per heavy atom. The predicted molar refractivity (Wildman–Crippen MR) is 131 cm³/mol. The maximum Gasteiger partial charge on any atom is 0.408 e. The summed E-state index contributed by atoms with van der Waals surface area (Å²) < 4.78 is 5.27. The van der Waals surface area contributed by atoms with Gasteiger partial charge < -0.3 is 20.3 Å². The number of nitrogens with zero attached hydrogens (tertiary/aromatic N) is 1. The summed E-state index contributed by atoms with van der Waals surface area (Å²) in [6.07, 6.45) is 2.47. The van der Waals surface area contributed by atoms with Gasteiger partial charge in [-0.1, -0.05) is 36.9 Å². The number of hydrogen-bond donors (Lipinski definition) is 3. The molecule has 32 heavy (non-hydrogen) atoms. The van der Waals surface area contributed by atoms with E-state index in [9.17, 15) is 14.4 Å². The zero-order chi connectivity index (χ0) is 24.5. The Labute approximate surface area is 196 Å². The average Bonchev–Trinajstić information content (AvgIpc) is 2.69. The lowest BCUT2D eigenvalue weighted by molar-refractivity contribution is -0.141. The Balaban J connectivity index is 3.37. The fraction of sp³-hybridized carbons (Fsp3) is 0.458. The van der Waals surface area contributed by atoms with Crippen molar-refractivity contribution in [1.82, 2.24) is 15.5 Å². The van der Waals surface area contributed by atoms with E-state index in [0.717, 1.165) is 5.56 Å². The van der Waals surface area contributed by atoms with Crippen LogP contribution in [0.4, 0.5) is 4.79 Å². The fourth-order valence-electron chi connectivity index (χ4n) is 2.99. The largest absolute Gasteiger partial charge is 0.444 e. The second-order valence-electron chi connectivity index (χ2n) is 8.60. The third-order valence-corrected chi connectivity index (χ3v) is 4.60. The van der Waals surface area contributed by atoms with E-state index < -0.39 is 29.7 Å². The number of benzene rings is 1. The van der Waals surface area contributed by atoms with Crippen molar-refractivity contribution in [1.29, 1.82) is 0 Å². The van der Waals surface area contributed by atoms with Gasteiger partial charge in [0.25, 0.3) is 0 Å². The minimum Gasteiger partial charge on any atom is -0.444 e. The van der Waals surface area contributed by atoms with Gasteiger partial charge in [0.2, 0.25) is 11.8 Å². The van der Waals surface area contributed by atoms with Crippen LogP contribution in [0.2, 0.25) is 0 Å². The summed E-state index contributed by atoms with van der Waals surface area (Å²) in [5.41, 5.74) is 0.708. The van der Waals surface area contributed by atoms with Crippen molar-refractivity contribution in [2.24, 2.45) is 0 Å². The smallest absolute Gasteiger partial charge is 0.408 e. The summed E-state index contributed by atoms with van der Waals surface area (Å²) in [6, 6.07) is 5.17. The van der Waals surface area contributed by atoms with Crippen molar-refractivity contribution in [2.75, 3.05) is 12.3 Å². The molecule has 0 aromatic heterocycles. The quantitative estimate of drug-likeness (QED) is 0.366.